The molecule has 1 aliphatic carbocycles. The summed E-state index contributed by atoms with van der Waals surface area (Å²) >= 11 is 0. The van der Waals surface area contributed by atoms with Crippen molar-refractivity contribution in [3.05, 3.63) is 0 Å². The molecule has 1 heteroatoms. The maximum atomic E-state index is 11.2. The van der Waals surface area contributed by atoms with Gasteiger partial charge in [-0.2, -0.15) is 0 Å². The van der Waals surface area contributed by atoms with E-state index in [0.29, 0.717) is 0 Å². The van der Waals surface area contributed by atoms with Gasteiger partial charge in [0.25, 0.3) is 0 Å². The number of carbonyl (C=O) groups is 1. The van der Waals surface area contributed by atoms with Gasteiger partial charge in [-0.25, -0.2) is 0 Å². The van der Waals surface area contributed by atoms with E-state index in [-0.39, 0.29) is 11.7 Å². The molecule has 13 heavy (non-hydrogen) atoms. The van der Waals surface area contributed by atoms with Gasteiger partial charge >= 0.3 is 0 Å². The summed E-state index contributed by atoms with van der Waals surface area (Å²) in [5, 5.41) is 0. The second kappa shape index (κ2) is 4.46. The third kappa shape index (κ3) is 2.59. The summed E-state index contributed by atoms with van der Waals surface area (Å²) in [6.07, 6.45) is 9.46. The highest BCUT2D eigenvalue weighted by Gasteiger charge is 2.26. The topological polar surface area (TPSA) is 17.1 Å². The molecule has 0 aromatic carbocycles. The zero-order valence-electron chi connectivity index (χ0n) is 8.55. The van der Waals surface area contributed by atoms with Crippen molar-refractivity contribution in [2.75, 3.05) is 0 Å². The quantitative estimate of drug-likeness (QED) is 0.469. The van der Waals surface area contributed by atoms with Crippen molar-refractivity contribution in [3.63, 3.8) is 0 Å². The van der Waals surface area contributed by atoms with Crippen molar-refractivity contribution in [2.24, 2.45) is 17.8 Å². The van der Waals surface area contributed by atoms with Crippen molar-refractivity contribution < 1.29 is 4.79 Å². The number of ketones is 1. The summed E-state index contributed by atoms with van der Waals surface area (Å²) in [4.78, 5) is 11.2. The largest absolute Gasteiger partial charge is 0.285 e. The molecule has 0 atom stereocenters. The number of carbonyl (C=O) groups excluding carboxylic acids is 1. The van der Waals surface area contributed by atoms with E-state index < -0.39 is 0 Å². The Morgan fingerprint density at radius 1 is 1.31 bits per heavy atom. The van der Waals surface area contributed by atoms with Crippen LogP contribution in [0, 0.1) is 30.1 Å². The van der Waals surface area contributed by atoms with Gasteiger partial charge < -0.3 is 0 Å². The Morgan fingerprint density at radius 2 is 1.85 bits per heavy atom. The normalized spacial score (nSPS) is 28.5. The zero-order chi connectivity index (χ0) is 9.84. The van der Waals surface area contributed by atoms with E-state index in [4.69, 9.17) is 6.42 Å². The summed E-state index contributed by atoms with van der Waals surface area (Å²) in [5.41, 5.74) is 0. The van der Waals surface area contributed by atoms with E-state index in [1.165, 1.54) is 12.8 Å². The van der Waals surface area contributed by atoms with Crippen LogP contribution in [0.3, 0.4) is 0 Å². The maximum absolute atomic E-state index is 11.2. The average Bonchev–Trinajstić information content (AvgIpc) is 2.17. The summed E-state index contributed by atoms with van der Waals surface area (Å²) in [5.74, 6) is 3.98. The highest BCUT2D eigenvalue weighted by molar-refractivity contribution is 5.96. The van der Waals surface area contributed by atoms with Crippen LogP contribution in [-0.2, 0) is 4.79 Å². The fourth-order valence-electron chi connectivity index (χ4n) is 2.17. The van der Waals surface area contributed by atoms with Crippen LogP contribution in [-0.4, -0.2) is 5.78 Å². The molecule has 1 nitrogen and oxygen atoms in total. The molecular weight excluding hydrogens is 160 g/mol. The van der Waals surface area contributed by atoms with Gasteiger partial charge in [0.2, 0.25) is 5.78 Å². The van der Waals surface area contributed by atoms with Crippen LogP contribution in [0.15, 0.2) is 0 Å². The first-order chi connectivity index (χ1) is 6.15. The molecule has 0 bridgehead atoms. The molecule has 0 heterocycles. The molecule has 72 valence electrons. The molecule has 1 fully saturated rings. The number of rotatable bonds is 2. The predicted octanol–water partition coefficient (Wildman–Crippen LogP) is 2.65. The highest BCUT2D eigenvalue weighted by Crippen LogP contribution is 2.33. The summed E-state index contributed by atoms with van der Waals surface area (Å²) < 4.78 is 0. The molecule has 1 aliphatic rings. The Balaban J connectivity index is 2.40. The number of hydrogen-bond donors (Lipinski definition) is 0. The SMILES string of the molecule is C#CC(=O)C1CCC(C(C)C)CC1. The van der Waals surface area contributed by atoms with Crippen LogP contribution in [0.5, 0.6) is 0 Å². The summed E-state index contributed by atoms with van der Waals surface area (Å²) in [6.45, 7) is 4.52. The molecule has 0 radical (unpaired) electrons. The molecule has 0 aliphatic heterocycles. The van der Waals surface area contributed by atoms with E-state index in [2.05, 4.69) is 19.8 Å². The van der Waals surface area contributed by atoms with E-state index >= 15 is 0 Å². The van der Waals surface area contributed by atoms with Gasteiger partial charge in [0.15, 0.2) is 0 Å². The first-order valence-corrected chi connectivity index (χ1v) is 5.15. The molecular formula is C12H18O. The molecule has 0 amide bonds. The Labute approximate surface area is 80.9 Å². The van der Waals surface area contributed by atoms with Crippen molar-refractivity contribution >= 4 is 5.78 Å². The monoisotopic (exact) mass is 178 g/mol. The van der Waals surface area contributed by atoms with Crippen LogP contribution in [0.4, 0.5) is 0 Å². The van der Waals surface area contributed by atoms with Gasteiger partial charge in [0.05, 0.1) is 0 Å². The third-order valence-corrected chi connectivity index (χ3v) is 3.23. The Morgan fingerprint density at radius 3 is 2.23 bits per heavy atom. The van der Waals surface area contributed by atoms with Gasteiger partial charge in [-0.05, 0) is 43.4 Å². The zero-order valence-corrected chi connectivity index (χ0v) is 8.55. The van der Waals surface area contributed by atoms with Crippen molar-refractivity contribution in [1.82, 2.24) is 0 Å². The first kappa shape index (κ1) is 10.3. The number of hydrogen-bond acceptors (Lipinski definition) is 1. The second-order valence-corrected chi connectivity index (χ2v) is 4.36. The van der Waals surface area contributed by atoms with Crippen LogP contribution >= 0.6 is 0 Å². The number of Topliss-reactive ketones (excluding diaryl/α,β-unsaturated/α-hetero) is 1. The number of terminal acetylenes is 1. The van der Waals surface area contributed by atoms with Crippen LogP contribution in [0.25, 0.3) is 0 Å². The van der Waals surface area contributed by atoms with Gasteiger partial charge in [-0.3, -0.25) is 4.79 Å². The minimum absolute atomic E-state index is 0.0159. The second-order valence-electron chi connectivity index (χ2n) is 4.36. The molecule has 0 unspecified atom stereocenters. The fraction of sp³-hybridized carbons (Fsp3) is 0.750. The lowest BCUT2D eigenvalue weighted by molar-refractivity contribution is -0.118. The Hall–Kier alpha value is -0.770. The molecule has 1 saturated carbocycles. The van der Waals surface area contributed by atoms with Gasteiger partial charge in [0.1, 0.15) is 0 Å². The minimum atomic E-state index is 0.0159. The first-order valence-electron chi connectivity index (χ1n) is 5.15. The molecule has 0 saturated heterocycles. The lowest BCUT2D eigenvalue weighted by Gasteiger charge is -2.29. The molecule has 0 aromatic rings. The lowest BCUT2D eigenvalue weighted by atomic mass is 9.76. The van der Waals surface area contributed by atoms with Gasteiger partial charge in [0, 0.05) is 5.92 Å². The maximum Gasteiger partial charge on any atom is 0.208 e. The Bertz CT molecular complexity index is 214. The Kier molecular flexibility index (Phi) is 3.54. The molecule has 1 rings (SSSR count). The predicted molar refractivity (Wildman–Crippen MR) is 54.1 cm³/mol. The van der Waals surface area contributed by atoms with Gasteiger partial charge in [-0.15, -0.1) is 6.42 Å². The highest BCUT2D eigenvalue weighted by atomic mass is 16.1. The standard InChI is InChI=1S/C12H18O/c1-4-12(13)11-7-5-10(6-8-11)9(2)3/h1,9-11H,5-8H2,2-3H3. The molecule has 0 aromatic heterocycles. The van der Waals surface area contributed by atoms with E-state index in [0.717, 1.165) is 24.7 Å². The average molecular weight is 178 g/mol. The van der Waals surface area contributed by atoms with Crippen LogP contribution in [0.1, 0.15) is 39.5 Å². The lowest BCUT2D eigenvalue weighted by Crippen LogP contribution is -2.23. The van der Waals surface area contributed by atoms with Gasteiger partial charge in [-0.1, -0.05) is 13.8 Å². The molecule has 0 N–H and O–H groups in total. The third-order valence-electron chi connectivity index (χ3n) is 3.23. The van der Waals surface area contributed by atoms with Crippen LogP contribution in [0.2, 0.25) is 0 Å². The van der Waals surface area contributed by atoms with Crippen molar-refractivity contribution in [2.45, 2.75) is 39.5 Å². The smallest absolute Gasteiger partial charge is 0.208 e. The van der Waals surface area contributed by atoms with E-state index in [1.54, 1.807) is 0 Å². The fourth-order valence-corrected chi connectivity index (χ4v) is 2.17. The minimum Gasteiger partial charge on any atom is -0.285 e. The summed E-state index contributed by atoms with van der Waals surface area (Å²) in [6, 6.07) is 0. The van der Waals surface area contributed by atoms with Crippen molar-refractivity contribution in [3.8, 4) is 12.3 Å². The molecule has 0 spiro atoms. The van der Waals surface area contributed by atoms with E-state index in [9.17, 15) is 4.79 Å². The summed E-state index contributed by atoms with van der Waals surface area (Å²) in [7, 11) is 0. The van der Waals surface area contributed by atoms with Crippen molar-refractivity contribution in [1.29, 1.82) is 0 Å². The van der Waals surface area contributed by atoms with E-state index in [1.807, 2.05) is 0 Å². The van der Waals surface area contributed by atoms with Crippen LogP contribution < -0.4 is 0 Å².